The molecular formula is C23H26N2O5S. The lowest BCUT2D eigenvalue weighted by atomic mass is 10.2. The van der Waals surface area contributed by atoms with Crippen molar-refractivity contribution >= 4 is 35.4 Å². The fourth-order valence-electron chi connectivity index (χ4n) is 3.02. The maximum atomic E-state index is 13.1. The molecule has 8 heteroatoms. The molecule has 1 heterocycles. The van der Waals surface area contributed by atoms with Crippen molar-refractivity contribution in [3.63, 3.8) is 0 Å². The van der Waals surface area contributed by atoms with Crippen LogP contribution in [0.25, 0.3) is 0 Å². The Hall–Kier alpha value is -3.00. The topological polar surface area (TPSA) is 84.9 Å². The number of ether oxygens (including phenoxy) is 2. The van der Waals surface area contributed by atoms with Crippen molar-refractivity contribution in [2.24, 2.45) is 0 Å². The van der Waals surface area contributed by atoms with Gasteiger partial charge in [0.1, 0.15) is 24.0 Å². The smallest absolute Gasteiger partial charge is 0.407 e. The summed E-state index contributed by atoms with van der Waals surface area (Å²) in [6.07, 6.45) is -0.602. The Labute approximate surface area is 186 Å². The molecule has 1 atom stereocenters. The van der Waals surface area contributed by atoms with Crippen molar-refractivity contribution in [1.82, 2.24) is 5.32 Å². The molecule has 1 N–H and O–H groups in total. The lowest BCUT2D eigenvalue weighted by Gasteiger charge is -2.33. The second-order valence-electron chi connectivity index (χ2n) is 8.03. The molecule has 0 radical (unpaired) electrons. The number of amides is 2. The first kappa shape index (κ1) is 22.7. The summed E-state index contributed by atoms with van der Waals surface area (Å²) in [7, 11) is 0. The molecule has 0 spiro atoms. The largest absolute Gasteiger partial charge is 0.459 e. The van der Waals surface area contributed by atoms with Gasteiger partial charge in [-0.3, -0.25) is 14.5 Å². The van der Waals surface area contributed by atoms with E-state index < -0.39 is 22.9 Å². The SMILES string of the molecule is CC(C)(C)OC(=O)CN1C(=O)C(CNC(=O)OCc2ccccc2)Sc2ccccc21. The lowest BCUT2D eigenvalue weighted by molar-refractivity contribution is -0.153. The number of anilines is 1. The van der Waals surface area contributed by atoms with Gasteiger partial charge >= 0.3 is 12.1 Å². The van der Waals surface area contributed by atoms with Crippen molar-refractivity contribution in [3.8, 4) is 0 Å². The predicted molar refractivity (Wildman–Crippen MR) is 119 cm³/mol. The monoisotopic (exact) mass is 442 g/mol. The van der Waals surface area contributed by atoms with Crippen LogP contribution in [0.15, 0.2) is 59.5 Å². The highest BCUT2D eigenvalue weighted by molar-refractivity contribution is 8.01. The molecule has 3 rings (SSSR count). The zero-order valence-electron chi connectivity index (χ0n) is 17.8. The minimum absolute atomic E-state index is 0.0796. The number of hydrogen-bond donors (Lipinski definition) is 1. The van der Waals surface area contributed by atoms with Gasteiger partial charge < -0.3 is 14.8 Å². The van der Waals surface area contributed by atoms with E-state index in [-0.39, 0.29) is 25.6 Å². The highest BCUT2D eigenvalue weighted by Crippen LogP contribution is 2.38. The van der Waals surface area contributed by atoms with Gasteiger partial charge in [-0.15, -0.1) is 11.8 Å². The third kappa shape index (κ3) is 6.49. The molecule has 1 aliphatic heterocycles. The summed E-state index contributed by atoms with van der Waals surface area (Å²) < 4.78 is 10.6. The first-order chi connectivity index (χ1) is 14.7. The molecule has 2 aromatic rings. The number of fused-ring (bicyclic) bond motifs is 1. The van der Waals surface area contributed by atoms with Crippen LogP contribution < -0.4 is 10.2 Å². The van der Waals surface area contributed by atoms with Gasteiger partial charge in [0.15, 0.2) is 0 Å². The number of hydrogen-bond acceptors (Lipinski definition) is 6. The third-order valence-electron chi connectivity index (χ3n) is 4.32. The number of para-hydroxylation sites is 1. The molecule has 7 nitrogen and oxygen atoms in total. The fourth-order valence-corrected chi connectivity index (χ4v) is 4.18. The molecule has 0 bridgehead atoms. The van der Waals surface area contributed by atoms with Crippen LogP contribution in [-0.2, 0) is 25.7 Å². The molecule has 1 unspecified atom stereocenters. The van der Waals surface area contributed by atoms with Gasteiger partial charge in [-0.1, -0.05) is 42.5 Å². The van der Waals surface area contributed by atoms with Gasteiger partial charge in [0.25, 0.3) is 0 Å². The number of nitrogens with one attached hydrogen (secondary N) is 1. The van der Waals surface area contributed by atoms with E-state index in [9.17, 15) is 14.4 Å². The summed E-state index contributed by atoms with van der Waals surface area (Å²) in [5.74, 6) is -0.755. The Morgan fingerprint density at radius 3 is 2.45 bits per heavy atom. The molecule has 31 heavy (non-hydrogen) atoms. The lowest BCUT2D eigenvalue weighted by Crippen LogP contribution is -2.48. The zero-order chi connectivity index (χ0) is 22.4. The van der Waals surface area contributed by atoms with Crippen LogP contribution in [0.1, 0.15) is 26.3 Å². The number of carbonyl (C=O) groups is 3. The van der Waals surface area contributed by atoms with Crippen molar-refractivity contribution in [3.05, 3.63) is 60.2 Å². The van der Waals surface area contributed by atoms with Gasteiger partial charge in [0.05, 0.1) is 5.69 Å². The molecule has 2 aromatic carbocycles. The fraction of sp³-hybridized carbons (Fsp3) is 0.348. The molecule has 0 saturated heterocycles. The normalized spacial score (nSPS) is 15.8. The van der Waals surface area contributed by atoms with E-state index in [1.807, 2.05) is 48.5 Å². The van der Waals surface area contributed by atoms with Gasteiger partial charge in [0, 0.05) is 11.4 Å². The Balaban J connectivity index is 1.63. The van der Waals surface area contributed by atoms with Crippen molar-refractivity contribution in [2.45, 2.75) is 43.1 Å². The number of rotatable bonds is 6. The molecule has 0 aliphatic carbocycles. The second kappa shape index (κ2) is 9.87. The van der Waals surface area contributed by atoms with E-state index >= 15 is 0 Å². The van der Waals surface area contributed by atoms with E-state index in [1.54, 1.807) is 26.8 Å². The van der Waals surface area contributed by atoms with Crippen LogP contribution in [0.3, 0.4) is 0 Å². The van der Waals surface area contributed by atoms with E-state index in [2.05, 4.69) is 5.32 Å². The number of esters is 1. The van der Waals surface area contributed by atoms with Gasteiger partial charge in [-0.2, -0.15) is 0 Å². The summed E-state index contributed by atoms with van der Waals surface area (Å²) in [6.45, 7) is 5.37. The van der Waals surface area contributed by atoms with Gasteiger partial charge in [-0.05, 0) is 38.5 Å². The van der Waals surface area contributed by atoms with E-state index in [1.165, 1.54) is 16.7 Å². The number of carbonyl (C=O) groups excluding carboxylic acids is 3. The van der Waals surface area contributed by atoms with Crippen LogP contribution in [0.2, 0.25) is 0 Å². The molecule has 0 saturated carbocycles. The number of thioether (sulfide) groups is 1. The molecule has 2 amide bonds. The third-order valence-corrected chi connectivity index (χ3v) is 5.57. The zero-order valence-corrected chi connectivity index (χ0v) is 18.6. The molecule has 164 valence electrons. The minimum Gasteiger partial charge on any atom is -0.459 e. The summed E-state index contributed by atoms with van der Waals surface area (Å²) in [4.78, 5) is 39.8. The quantitative estimate of drug-likeness (QED) is 0.686. The first-order valence-electron chi connectivity index (χ1n) is 9.96. The highest BCUT2D eigenvalue weighted by atomic mass is 32.2. The minimum atomic E-state index is -0.645. The van der Waals surface area contributed by atoms with Crippen LogP contribution >= 0.6 is 11.8 Å². The standard InChI is InChI=1S/C23H26N2O5S/c1-23(2,3)30-20(26)14-25-17-11-7-8-12-18(17)31-19(21(25)27)13-24-22(28)29-15-16-9-5-4-6-10-16/h4-12,19H,13-15H2,1-3H3,(H,24,28). The van der Waals surface area contributed by atoms with Crippen LogP contribution in [0.4, 0.5) is 10.5 Å². The summed E-state index contributed by atoms with van der Waals surface area (Å²) in [5.41, 5.74) is 0.887. The average Bonchev–Trinajstić information content (AvgIpc) is 2.72. The Morgan fingerprint density at radius 2 is 1.74 bits per heavy atom. The number of benzene rings is 2. The van der Waals surface area contributed by atoms with Crippen LogP contribution in [0.5, 0.6) is 0 Å². The number of nitrogens with zero attached hydrogens (tertiary/aromatic N) is 1. The maximum absolute atomic E-state index is 13.1. The first-order valence-corrected chi connectivity index (χ1v) is 10.8. The molecule has 1 aliphatic rings. The number of alkyl carbamates (subject to hydrolysis) is 1. The predicted octanol–water partition coefficient (Wildman–Crippen LogP) is 3.76. The van der Waals surface area contributed by atoms with Gasteiger partial charge in [0.2, 0.25) is 5.91 Å². The van der Waals surface area contributed by atoms with Crippen molar-refractivity contribution in [2.75, 3.05) is 18.0 Å². The van der Waals surface area contributed by atoms with Crippen LogP contribution in [0, 0.1) is 0 Å². The average molecular weight is 443 g/mol. The Morgan fingerprint density at radius 1 is 1.06 bits per heavy atom. The maximum Gasteiger partial charge on any atom is 0.407 e. The molecule has 0 fully saturated rings. The van der Waals surface area contributed by atoms with E-state index in [0.29, 0.717) is 5.69 Å². The second-order valence-corrected chi connectivity index (χ2v) is 9.27. The van der Waals surface area contributed by atoms with Crippen LogP contribution in [-0.4, -0.2) is 41.9 Å². The van der Waals surface area contributed by atoms with Crippen molar-refractivity contribution in [1.29, 1.82) is 0 Å². The Bertz CT molecular complexity index is 942. The Kier molecular flexibility index (Phi) is 7.22. The summed E-state index contributed by atoms with van der Waals surface area (Å²) >= 11 is 1.35. The van der Waals surface area contributed by atoms with E-state index in [4.69, 9.17) is 9.47 Å². The molecule has 0 aromatic heterocycles. The van der Waals surface area contributed by atoms with Gasteiger partial charge in [-0.25, -0.2) is 4.79 Å². The highest BCUT2D eigenvalue weighted by Gasteiger charge is 2.35. The molecular weight excluding hydrogens is 416 g/mol. The van der Waals surface area contributed by atoms with E-state index in [0.717, 1.165) is 10.5 Å². The summed E-state index contributed by atoms with van der Waals surface area (Å²) in [6, 6.07) is 16.7. The summed E-state index contributed by atoms with van der Waals surface area (Å²) in [5, 5.41) is 2.07. The van der Waals surface area contributed by atoms with Crippen molar-refractivity contribution < 1.29 is 23.9 Å².